The summed E-state index contributed by atoms with van der Waals surface area (Å²) in [5.74, 6) is -1.88. The lowest BCUT2D eigenvalue weighted by atomic mass is 10.0. The van der Waals surface area contributed by atoms with Crippen molar-refractivity contribution in [3.8, 4) is 0 Å². The fourth-order valence-corrected chi connectivity index (χ4v) is 7.81. The van der Waals surface area contributed by atoms with Gasteiger partial charge in [-0.15, -0.1) is 0 Å². The Kier molecular flexibility index (Phi) is 12.1. The Labute approximate surface area is 235 Å². The number of hydrogen-bond donors (Lipinski definition) is 7. The number of aliphatic hydroxyl groups is 5. The molecule has 3 amide bonds. The van der Waals surface area contributed by atoms with Crippen LogP contribution in [0.1, 0.15) is 20.7 Å². The number of carbonyl (C=O) groups excluding carboxylic acids is 3. The number of carbonyl (C=O) groups is 3. The van der Waals surface area contributed by atoms with Gasteiger partial charge in [0.1, 0.15) is 6.61 Å². The second kappa shape index (κ2) is 13.8. The van der Waals surface area contributed by atoms with Crippen LogP contribution in [-0.2, 0) is 9.53 Å². The number of benzene rings is 1. The van der Waals surface area contributed by atoms with Crippen LogP contribution in [0.25, 0.3) is 0 Å². The van der Waals surface area contributed by atoms with E-state index in [4.69, 9.17) is 4.74 Å². The molecular formula is C19H24I3N3O9. The van der Waals surface area contributed by atoms with Gasteiger partial charge in [0.05, 0.1) is 81.7 Å². The van der Waals surface area contributed by atoms with E-state index in [1.807, 2.05) is 67.8 Å². The highest BCUT2D eigenvalue weighted by Gasteiger charge is 2.37. The van der Waals surface area contributed by atoms with Crippen molar-refractivity contribution >= 4 is 91.2 Å². The van der Waals surface area contributed by atoms with Crippen LogP contribution in [0, 0.1) is 10.7 Å². The lowest BCUT2D eigenvalue weighted by Gasteiger charge is -2.36. The van der Waals surface area contributed by atoms with E-state index in [9.17, 15) is 39.9 Å². The van der Waals surface area contributed by atoms with Gasteiger partial charge in [-0.1, -0.05) is 0 Å². The first-order chi connectivity index (χ1) is 16.2. The van der Waals surface area contributed by atoms with Gasteiger partial charge in [0.25, 0.3) is 17.7 Å². The Bertz CT molecular complexity index is 873. The van der Waals surface area contributed by atoms with Crippen molar-refractivity contribution in [2.24, 2.45) is 0 Å². The van der Waals surface area contributed by atoms with Crippen LogP contribution < -0.4 is 15.5 Å². The Morgan fingerprint density at radius 3 is 1.71 bits per heavy atom. The SMILES string of the molecule is O=C(NC(CO)CO)c1c(I)c(C(=O)NC(CO)CO)c(I)c(N2C(=O)COCC2CO)c1I. The maximum absolute atomic E-state index is 13.2. The molecule has 0 aromatic heterocycles. The minimum atomic E-state index is -0.956. The standard InChI is InChI=1S/C19H24I3N3O9/c20-14-12(18(32)23-8(1-26)2-27)15(21)17(25-10(5-30)6-34-7-11(25)31)16(22)13(14)19(33)24-9(3-28)4-29/h8-10,26-30H,1-7H2,(H,23,32)(H,24,33). The molecule has 190 valence electrons. The zero-order valence-electron chi connectivity index (χ0n) is 17.6. The van der Waals surface area contributed by atoms with E-state index in [2.05, 4.69) is 10.6 Å². The molecule has 1 saturated heterocycles. The second-order valence-corrected chi connectivity index (χ2v) is 10.5. The van der Waals surface area contributed by atoms with Crippen molar-refractivity contribution in [3.63, 3.8) is 0 Å². The van der Waals surface area contributed by atoms with Gasteiger partial charge in [-0.2, -0.15) is 0 Å². The molecular weight excluding hydrogens is 795 g/mol. The minimum Gasteiger partial charge on any atom is -0.394 e. The molecule has 1 unspecified atom stereocenters. The molecule has 2 rings (SSSR count). The molecule has 1 aliphatic rings. The van der Waals surface area contributed by atoms with Crippen molar-refractivity contribution in [1.29, 1.82) is 0 Å². The minimum absolute atomic E-state index is 0.0224. The van der Waals surface area contributed by atoms with Crippen molar-refractivity contribution < 1.29 is 44.7 Å². The van der Waals surface area contributed by atoms with Crippen LogP contribution >= 0.6 is 67.8 Å². The molecule has 0 saturated carbocycles. The third-order valence-corrected chi connectivity index (χ3v) is 8.10. The van der Waals surface area contributed by atoms with Crippen molar-refractivity contribution in [2.45, 2.75) is 18.1 Å². The first-order valence-electron chi connectivity index (χ1n) is 9.92. The Morgan fingerprint density at radius 1 is 0.882 bits per heavy atom. The van der Waals surface area contributed by atoms with Crippen LogP contribution in [0.2, 0.25) is 0 Å². The first kappa shape index (κ1) is 29.8. The summed E-state index contributed by atoms with van der Waals surface area (Å²) in [6.07, 6.45) is 0. The molecule has 1 aromatic rings. The highest BCUT2D eigenvalue weighted by atomic mass is 127. The molecule has 0 spiro atoms. The third kappa shape index (κ3) is 6.47. The van der Waals surface area contributed by atoms with Crippen LogP contribution in [-0.4, -0.2) is 108 Å². The van der Waals surface area contributed by atoms with E-state index in [1.165, 1.54) is 4.90 Å². The predicted octanol–water partition coefficient (Wildman–Crippen LogP) is -1.61. The van der Waals surface area contributed by atoms with Gasteiger partial charge in [0.2, 0.25) is 0 Å². The summed E-state index contributed by atoms with van der Waals surface area (Å²) < 4.78 is 6.07. The van der Waals surface area contributed by atoms with Crippen LogP contribution in [0.3, 0.4) is 0 Å². The molecule has 1 aliphatic heterocycles. The van der Waals surface area contributed by atoms with Crippen molar-refractivity contribution in [3.05, 3.63) is 21.8 Å². The average Bonchev–Trinajstić information content (AvgIpc) is 2.81. The first-order valence-corrected chi connectivity index (χ1v) is 13.2. The topological polar surface area (TPSA) is 189 Å². The number of anilines is 1. The molecule has 0 bridgehead atoms. The lowest BCUT2D eigenvalue weighted by molar-refractivity contribution is -0.128. The smallest absolute Gasteiger partial charge is 0.253 e. The molecule has 12 nitrogen and oxygen atoms in total. The molecule has 1 fully saturated rings. The number of hydrogen-bond acceptors (Lipinski definition) is 9. The number of nitrogens with one attached hydrogen (secondary N) is 2. The summed E-state index contributed by atoms with van der Waals surface area (Å²) >= 11 is 5.56. The summed E-state index contributed by atoms with van der Waals surface area (Å²) in [7, 11) is 0. The van der Waals surface area contributed by atoms with Crippen molar-refractivity contribution in [2.75, 3.05) is 51.1 Å². The maximum atomic E-state index is 13.2. The molecule has 1 heterocycles. The average molecular weight is 819 g/mol. The van der Waals surface area contributed by atoms with Gasteiger partial charge in [0, 0.05) is 3.57 Å². The summed E-state index contributed by atoms with van der Waals surface area (Å²) in [5, 5.41) is 52.3. The van der Waals surface area contributed by atoms with Crippen LogP contribution in [0.15, 0.2) is 0 Å². The number of aliphatic hydroxyl groups excluding tert-OH is 5. The molecule has 7 N–H and O–H groups in total. The van der Waals surface area contributed by atoms with Gasteiger partial charge in [-0.05, 0) is 67.8 Å². The van der Waals surface area contributed by atoms with E-state index in [0.717, 1.165) is 0 Å². The summed E-state index contributed by atoms with van der Waals surface area (Å²) in [5.41, 5.74) is 0.266. The third-order valence-electron chi connectivity index (χ3n) is 4.92. The normalized spacial score (nSPS) is 16.4. The highest BCUT2D eigenvalue weighted by molar-refractivity contribution is 14.1. The van der Waals surface area contributed by atoms with Gasteiger partial charge in [-0.3, -0.25) is 14.4 Å². The summed E-state index contributed by atoms with van der Waals surface area (Å²) in [6.45, 7) is -2.75. The number of amides is 3. The predicted molar refractivity (Wildman–Crippen MR) is 145 cm³/mol. The quantitative estimate of drug-likeness (QED) is 0.137. The fraction of sp³-hybridized carbons (Fsp3) is 0.526. The van der Waals surface area contributed by atoms with Crippen LogP contribution in [0.4, 0.5) is 5.69 Å². The number of nitrogens with zero attached hydrogens (tertiary/aromatic N) is 1. The Hall–Kier alpha value is -0.420. The number of rotatable bonds is 10. The number of ether oxygens (including phenoxy) is 1. The molecule has 1 aromatic carbocycles. The highest BCUT2D eigenvalue weighted by Crippen LogP contribution is 2.39. The van der Waals surface area contributed by atoms with Gasteiger partial charge in [-0.25, -0.2) is 0 Å². The summed E-state index contributed by atoms with van der Waals surface area (Å²) in [4.78, 5) is 40.4. The zero-order chi connectivity index (χ0) is 25.6. The Balaban J connectivity index is 2.77. The molecule has 0 radical (unpaired) electrons. The largest absolute Gasteiger partial charge is 0.394 e. The maximum Gasteiger partial charge on any atom is 0.253 e. The van der Waals surface area contributed by atoms with E-state index in [0.29, 0.717) is 7.14 Å². The molecule has 34 heavy (non-hydrogen) atoms. The lowest BCUT2D eigenvalue weighted by Crippen LogP contribution is -2.52. The van der Waals surface area contributed by atoms with E-state index in [1.54, 1.807) is 0 Å². The Morgan fingerprint density at radius 2 is 1.32 bits per heavy atom. The van der Waals surface area contributed by atoms with Crippen molar-refractivity contribution in [1.82, 2.24) is 10.6 Å². The molecule has 0 aliphatic carbocycles. The van der Waals surface area contributed by atoms with E-state index in [-0.39, 0.29) is 33.6 Å². The van der Waals surface area contributed by atoms with E-state index >= 15 is 0 Å². The molecule has 15 heteroatoms. The summed E-state index contributed by atoms with van der Waals surface area (Å²) in [6, 6.07) is -2.68. The number of morpholine rings is 1. The monoisotopic (exact) mass is 819 g/mol. The fourth-order valence-electron chi connectivity index (χ4n) is 3.15. The van der Waals surface area contributed by atoms with Gasteiger partial charge < -0.3 is 45.8 Å². The van der Waals surface area contributed by atoms with Crippen LogP contribution in [0.5, 0.6) is 0 Å². The van der Waals surface area contributed by atoms with Gasteiger partial charge >= 0.3 is 0 Å². The zero-order valence-corrected chi connectivity index (χ0v) is 24.1. The molecule has 1 atom stereocenters. The number of halogens is 3. The second-order valence-electron chi connectivity index (χ2n) is 7.23. The van der Waals surface area contributed by atoms with Gasteiger partial charge in [0.15, 0.2) is 0 Å². The van der Waals surface area contributed by atoms with E-state index < -0.39 is 68.9 Å².